The van der Waals surface area contributed by atoms with Gasteiger partial charge in [0.05, 0.1) is 11.3 Å². The molecule has 1 aromatic heterocycles. The number of anilines is 1. The van der Waals surface area contributed by atoms with Gasteiger partial charge in [-0.05, 0) is 49.2 Å². The number of alkyl halides is 2. The molecule has 0 unspecified atom stereocenters. The second-order valence-corrected chi connectivity index (χ2v) is 6.65. The number of nitrogens with one attached hydrogen (secondary N) is 1. The summed E-state index contributed by atoms with van der Waals surface area (Å²) in [6.45, 7) is 2.48. The van der Waals surface area contributed by atoms with Crippen molar-refractivity contribution in [1.82, 2.24) is 14.8 Å². The van der Waals surface area contributed by atoms with E-state index in [2.05, 4.69) is 15.4 Å². The van der Waals surface area contributed by atoms with E-state index in [0.717, 1.165) is 6.92 Å². The van der Waals surface area contributed by atoms with Gasteiger partial charge in [-0.1, -0.05) is 18.2 Å². The molecule has 0 spiro atoms. The molecule has 0 atom stereocenters. The summed E-state index contributed by atoms with van der Waals surface area (Å²) >= 11 is 0. The summed E-state index contributed by atoms with van der Waals surface area (Å²) in [6.07, 6.45) is 1.17. The van der Waals surface area contributed by atoms with Gasteiger partial charge in [-0.2, -0.15) is 0 Å². The van der Waals surface area contributed by atoms with Crippen LogP contribution in [0.15, 0.2) is 48.8 Å². The summed E-state index contributed by atoms with van der Waals surface area (Å²) in [4.78, 5) is 15.4. The van der Waals surface area contributed by atoms with E-state index in [1.807, 2.05) is 0 Å². The van der Waals surface area contributed by atoms with Crippen LogP contribution in [-0.2, 0) is 13.0 Å². The monoisotopic (exact) mass is 388 g/mol. The van der Waals surface area contributed by atoms with Crippen molar-refractivity contribution in [3.05, 3.63) is 71.3 Å². The van der Waals surface area contributed by atoms with Gasteiger partial charge in [-0.25, -0.2) is 22.8 Å². The van der Waals surface area contributed by atoms with Gasteiger partial charge in [0.15, 0.2) is 5.78 Å². The number of hydrogen-bond acceptors (Lipinski definition) is 4. The molecule has 0 radical (unpaired) electrons. The standard InChI is InChI=1S/C20H19F3N4O/c1-13(28)17-8-5-15(9-18(17)21)11-24-19-25-12-27(26-19)16-6-3-14(4-7-16)10-20(2,22)23/h3-9,12H,10-11H2,1-2H3,(H,24,26). The molecular formula is C20H19F3N4O. The van der Waals surface area contributed by atoms with Crippen LogP contribution in [-0.4, -0.2) is 26.5 Å². The van der Waals surface area contributed by atoms with Crippen molar-refractivity contribution in [1.29, 1.82) is 0 Å². The molecule has 0 fully saturated rings. The van der Waals surface area contributed by atoms with Crippen LogP contribution in [0.2, 0.25) is 0 Å². The molecule has 0 aliphatic heterocycles. The van der Waals surface area contributed by atoms with E-state index in [-0.39, 0.29) is 24.3 Å². The molecule has 1 N–H and O–H groups in total. The molecule has 3 rings (SSSR count). The minimum absolute atomic E-state index is 0.0513. The van der Waals surface area contributed by atoms with E-state index in [9.17, 15) is 18.0 Å². The second-order valence-electron chi connectivity index (χ2n) is 6.65. The quantitative estimate of drug-likeness (QED) is 0.609. The van der Waals surface area contributed by atoms with Crippen LogP contribution in [0, 0.1) is 5.82 Å². The van der Waals surface area contributed by atoms with Crippen molar-refractivity contribution >= 4 is 11.7 Å². The first kappa shape index (κ1) is 19.6. The fourth-order valence-electron chi connectivity index (χ4n) is 2.73. The lowest BCUT2D eigenvalue weighted by Gasteiger charge is -2.10. The third-order valence-corrected chi connectivity index (χ3v) is 4.07. The van der Waals surface area contributed by atoms with Crippen LogP contribution in [0.4, 0.5) is 19.1 Å². The maximum atomic E-state index is 13.9. The van der Waals surface area contributed by atoms with Gasteiger partial charge in [-0.3, -0.25) is 4.79 Å². The minimum Gasteiger partial charge on any atom is -0.349 e. The zero-order valence-corrected chi connectivity index (χ0v) is 15.4. The Labute approximate surface area is 160 Å². The van der Waals surface area contributed by atoms with Crippen molar-refractivity contribution < 1.29 is 18.0 Å². The molecule has 146 valence electrons. The Morgan fingerprint density at radius 3 is 2.43 bits per heavy atom. The Hall–Kier alpha value is -3.16. The molecule has 0 bridgehead atoms. The highest BCUT2D eigenvalue weighted by Gasteiger charge is 2.21. The first-order chi connectivity index (χ1) is 13.2. The van der Waals surface area contributed by atoms with E-state index in [4.69, 9.17) is 0 Å². The molecule has 5 nitrogen and oxygen atoms in total. The van der Waals surface area contributed by atoms with E-state index in [1.54, 1.807) is 30.3 Å². The van der Waals surface area contributed by atoms with Crippen molar-refractivity contribution in [2.45, 2.75) is 32.7 Å². The third kappa shape index (κ3) is 4.97. The Bertz CT molecular complexity index is 978. The Balaban J connectivity index is 1.64. The zero-order chi connectivity index (χ0) is 20.3. The summed E-state index contributed by atoms with van der Waals surface area (Å²) in [5.41, 5.74) is 1.91. The Morgan fingerprint density at radius 2 is 1.82 bits per heavy atom. The summed E-state index contributed by atoms with van der Waals surface area (Å²) in [5, 5.41) is 7.24. The Morgan fingerprint density at radius 1 is 1.14 bits per heavy atom. The van der Waals surface area contributed by atoms with Crippen molar-refractivity contribution in [3.8, 4) is 5.69 Å². The smallest absolute Gasteiger partial charge is 0.249 e. The average molecular weight is 388 g/mol. The predicted octanol–water partition coefficient (Wildman–Crippen LogP) is 4.42. The van der Waals surface area contributed by atoms with Crippen molar-refractivity contribution in [2.24, 2.45) is 0 Å². The van der Waals surface area contributed by atoms with Gasteiger partial charge in [-0.15, -0.1) is 5.10 Å². The number of benzene rings is 2. The minimum atomic E-state index is -2.76. The van der Waals surface area contributed by atoms with Gasteiger partial charge < -0.3 is 5.32 Å². The topological polar surface area (TPSA) is 59.8 Å². The lowest BCUT2D eigenvalue weighted by Crippen LogP contribution is -2.13. The van der Waals surface area contributed by atoms with Gasteiger partial charge in [0.25, 0.3) is 0 Å². The summed E-state index contributed by atoms with van der Waals surface area (Å²) < 4.78 is 41.5. The summed E-state index contributed by atoms with van der Waals surface area (Å²) in [5.74, 6) is -3.32. The van der Waals surface area contributed by atoms with E-state index < -0.39 is 11.7 Å². The fraction of sp³-hybridized carbons (Fsp3) is 0.250. The second kappa shape index (κ2) is 7.84. The van der Waals surface area contributed by atoms with Crippen LogP contribution in [0.3, 0.4) is 0 Å². The molecule has 0 amide bonds. The van der Waals surface area contributed by atoms with E-state index in [1.165, 1.54) is 30.1 Å². The van der Waals surface area contributed by atoms with Gasteiger partial charge in [0.2, 0.25) is 11.9 Å². The maximum Gasteiger partial charge on any atom is 0.249 e. The van der Waals surface area contributed by atoms with E-state index in [0.29, 0.717) is 22.8 Å². The number of nitrogens with zero attached hydrogens (tertiary/aromatic N) is 3. The fourth-order valence-corrected chi connectivity index (χ4v) is 2.73. The SMILES string of the molecule is CC(=O)c1ccc(CNc2ncn(-c3ccc(CC(C)(F)F)cc3)n2)cc1F. The van der Waals surface area contributed by atoms with Crippen LogP contribution >= 0.6 is 0 Å². The number of ketones is 1. The summed E-state index contributed by atoms with van der Waals surface area (Å²) in [6, 6.07) is 11.0. The number of aromatic nitrogens is 3. The van der Waals surface area contributed by atoms with Crippen LogP contribution < -0.4 is 5.32 Å². The Kier molecular flexibility index (Phi) is 5.48. The van der Waals surface area contributed by atoms with Crippen molar-refractivity contribution in [3.63, 3.8) is 0 Å². The molecule has 0 saturated heterocycles. The van der Waals surface area contributed by atoms with Crippen LogP contribution in [0.25, 0.3) is 5.69 Å². The third-order valence-electron chi connectivity index (χ3n) is 4.07. The molecule has 0 aliphatic rings. The highest BCUT2D eigenvalue weighted by atomic mass is 19.3. The highest BCUT2D eigenvalue weighted by molar-refractivity contribution is 5.94. The zero-order valence-electron chi connectivity index (χ0n) is 15.4. The molecule has 8 heteroatoms. The molecule has 2 aromatic carbocycles. The first-order valence-corrected chi connectivity index (χ1v) is 8.63. The van der Waals surface area contributed by atoms with Gasteiger partial charge >= 0.3 is 0 Å². The van der Waals surface area contributed by atoms with Crippen molar-refractivity contribution in [2.75, 3.05) is 5.32 Å². The molecule has 1 heterocycles. The lowest BCUT2D eigenvalue weighted by atomic mass is 10.1. The molecule has 0 aliphatic carbocycles. The normalized spacial score (nSPS) is 11.5. The molecule has 0 saturated carbocycles. The van der Waals surface area contributed by atoms with Crippen LogP contribution in [0.5, 0.6) is 0 Å². The van der Waals surface area contributed by atoms with Crippen LogP contribution in [0.1, 0.15) is 35.3 Å². The summed E-state index contributed by atoms with van der Waals surface area (Å²) in [7, 11) is 0. The predicted molar refractivity (Wildman–Crippen MR) is 99.4 cm³/mol. The first-order valence-electron chi connectivity index (χ1n) is 8.63. The number of hydrogen-bond donors (Lipinski definition) is 1. The number of carbonyl (C=O) groups is 1. The van der Waals surface area contributed by atoms with Gasteiger partial charge in [0.1, 0.15) is 12.1 Å². The average Bonchev–Trinajstić information content (AvgIpc) is 3.08. The maximum absolute atomic E-state index is 13.9. The molecule has 3 aromatic rings. The lowest BCUT2D eigenvalue weighted by molar-refractivity contribution is 0.0226. The largest absolute Gasteiger partial charge is 0.349 e. The number of carbonyl (C=O) groups excluding carboxylic acids is 1. The van der Waals surface area contributed by atoms with Gasteiger partial charge in [0, 0.05) is 13.0 Å². The molecular weight excluding hydrogens is 369 g/mol. The highest BCUT2D eigenvalue weighted by Crippen LogP contribution is 2.20. The number of Topliss-reactive ketones (excluding diaryl/α,β-unsaturated/α-hetero) is 1. The molecule has 28 heavy (non-hydrogen) atoms. The number of rotatable bonds is 7. The number of halogens is 3. The van der Waals surface area contributed by atoms with E-state index >= 15 is 0 Å².